The van der Waals surface area contributed by atoms with E-state index < -0.39 is 0 Å². The predicted molar refractivity (Wildman–Crippen MR) is 106 cm³/mol. The van der Waals surface area contributed by atoms with Crippen molar-refractivity contribution in [3.8, 4) is 0 Å². The molecule has 0 aromatic carbocycles. The standard InChI is InChI=1S/C20H40N4O/c1-16-8-11-24(12-9-16)13-10-22-19(21-5)23-15-17-7-6-14-25-18(17)20(2,3)4/h16-18H,6-15H2,1-5H3,(H2,21,22,23). The van der Waals surface area contributed by atoms with E-state index in [4.69, 9.17) is 4.74 Å². The maximum absolute atomic E-state index is 6.08. The fourth-order valence-corrected chi connectivity index (χ4v) is 4.08. The summed E-state index contributed by atoms with van der Waals surface area (Å²) in [5, 5.41) is 7.00. The highest BCUT2D eigenvalue weighted by atomic mass is 16.5. The topological polar surface area (TPSA) is 48.9 Å². The van der Waals surface area contributed by atoms with E-state index >= 15 is 0 Å². The minimum Gasteiger partial charge on any atom is -0.377 e. The van der Waals surface area contributed by atoms with Crippen molar-refractivity contribution >= 4 is 5.96 Å². The summed E-state index contributed by atoms with van der Waals surface area (Å²) in [5.41, 5.74) is 0.190. The number of ether oxygens (including phenoxy) is 1. The highest BCUT2D eigenvalue weighted by Crippen LogP contribution is 2.33. The Morgan fingerprint density at radius 1 is 1.16 bits per heavy atom. The molecule has 0 bridgehead atoms. The molecule has 2 N–H and O–H groups in total. The first kappa shape index (κ1) is 20.5. The number of rotatable bonds is 5. The lowest BCUT2D eigenvalue weighted by Gasteiger charge is -2.40. The fraction of sp³-hybridized carbons (Fsp3) is 0.950. The van der Waals surface area contributed by atoms with Gasteiger partial charge >= 0.3 is 0 Å². The summed E-state index contributed by atoms with van der Waals surface area (Å²) in [4.78, 5) is 6.95. The molecule has 0 spiro atoms. The summed E-state index contributed by atoms with van der Waals surface area (Å²) in [7, 11) is 1.86. The molecule has 5 nitrogen and oxygen atoms in total. The van der Waals surface area contributed by atoms with Gasteiger partial charge in [0.1, 0.15) is 0 Å². The second-order valence-electron chi connectivity index (χ2n) is 8.96. The lowest BCUT2D eigenvalue weighted by Crippen LogP contribution is -2.48. The summed E-state index contributed by atoms with van der Waals surface area (Å²) in [6.07, 6.45) is 5.39. The van der Waals surface area contributed by atoms with Gasteiger partial charge in [-0.05, 0) is 50.1 Å². The van der Waals surface area contributed by atoms with Crippen molar-refractivity contribution < 1.29 is 4.74 Å². The summed E-state index contributed by atoms with van der Waals surface area (Å²) >= 11 is 0. The van der Waals surface area contributed by atoms with Gasteiger partial charge in [-0.25, -0.2) is 0 Å². The van der Waals surface area contributed by atoms with Gasteiger partial charge < -0.3 is 20.3 Å². The van der Waals surface area contributed by atoms with Gasteiger partial charge in [-0.1, -0.05) is 27.7 Å². The fourth-order valence-electron chi connectivity index (χ4n) is 4.08. The highest BCUT2D eigenvalue weighted by Gasteiger charge is 2.35. The molecule has 5 heteroatoms. The Bertz CT molecular complexity index is 410. The minimum atomic E-state index is 0.190. The maximum Gasteiger partial charge on any atom is 0.191 e. The molecule has 0 aromatic heterocycles. The minimum absolute atomic E-state index is 0.190. The second kappa shape index (κ2) is 9.77. The van der Waals surface area contributed by atoms with E-state index in [1.54, 1.807) is 0 Å². The van der Waals surface area contributed by atoms with Gasteiger partial charge in [0, 0.05) is 39.2 Å². The molecule has 2 fully saturated rings. The van der Waals surface area contributed by atoms with Crippen LogP contribution in [0.4, 0.5) is 0 Å². The maximum atomic E-state index is 6.08. The molecule has 146 valence electrons. The first-order valence-corrected chi connectivity index (χ1v) is 10.2. The van der Waals surface area contributed by atoms with E-state index in [-0.39, 0.29) is 5.41 Å². The Morgan fingerprint density at radius 3 is 2.52 bits per heavy atom. The molecule has 0 amide bonds. The van der Waals surface area contributed by atoms with Crippen LogP contribution in [0.3, 0.4) is 0 Å². The van der Waals surface area contributed by atoms with Crippen molar-refractivity contribution in [3.63, 3.8) is 0 Å². The van der Waals surface area contributed by atoms with Gasteiger partial charge in [-0.3, -0.25) is 4.99 Å². The van der Waals surface area contributed by atoms with Crippen LogP contribution >= 0.6 is 0 Å². The zero-order chi connectivity index (χ0) is 18.3. The van der Waals surface area contributed by atoms with Crippen molar-refractivity contribution in [1.82, 2.24) is 15.5 Å². The number of hydrogen-bond acceptors (Lipinski definition) is 3. The number of nitrogens with one attached hydrogen (secondary N) is 2. The number of hydrogen-bond donors (Lipinski definition) is 2. The van der Waals surface area contributed by atoms with Crippen molar-refractivity contribution in [2.75, 3.05) is 46.4 Å². The molecule has 2 rings (SSSR count). The number of aliphatic imine (C=N–C) groups is 1. The molecular weight excluding hydrogens is 312 g/mol. The molecule has 2 aliphatic heterocycles. The summed E-state index contributed by atoms with van der Waals surface area (Å²) < 4.78 is 6.08. The Kier molecular flexibility index (Phi) is 8.01. The van der Waals surface area contributed by atoms with E-state index in [9.17, 15) is 0 Å². The molecule has 0 radical (unpaired) electrons. The Morgan fingerprint density at radius 2 is 1.88 bits per heavy atom. The molecule has 0 aromatic rings. The van der Waals surface area contributed by atoms with Gasteiger partial charge in [-0.15, -0.1) is 0 Å². The van der Waals surface area contributed by atoms with E-state index in [0.717, 1.165) is 38.1 Å². The summed E-state index contributed by atoms with van der Waals surface area (Å²) in [5.74, 6) is 2.37. The van der Waals surface area contributed by atoms with E-state index in [1.807, 2.05) is 7.05 Å². The first-order valence-electron chi connectivity index (χ1n) is 10.2. The summed E-state index contributed by atoms with van der Waals surface area (Å²) in [6.45, 7) is 15.6. The van der Waals surface area contributed by atoms with Gasteiger partial charge in [0.2, 0.25) is 0 Å². The van der Waals surface area contributed by atoms with Gasteiger partial charge in [0.05, 0.1) is 6.10 Å². The van der Waals surface area contributed by atoms with Crippen LogP contribution in [0.15, 0.2) is 4.99 Å². The Hall–Kier alpha value is -0.810. The van der Waals surface area contributed by atoms with E-state index in [2.05, 4.69) is 48.2 Å². The smallest absolute Gasteiger partial charge is 0.191 e. The monoisotopic (exact) mass is 352 g/mol. The van der Waals surface area contributed by atoms with Gasteiger partial charge in [0.25, 0.3) is 0 Å². The summed E-state index contributed by atoms with van der Waals surface area (Å²) in [6, 6.07) is 0. The van der Waals surface area contributed by atoms with Crippen LogP contribution in [0.2, 0.25) is 0 Å². The van der Waals surface area contributed by atoms with Crippen LogP contribution in [0, 0.1) is 17.3 Å². The predicted octanol–water partition coefficient (Wildman–Crippen LogP) is 2.72. The number of likely N-dealkylation sites (tertiary alicyclic amines) is 1. The Labute approximate surface area is 155 Å². The Balaban J connectivity index is 1.70. The quantitative estimate of drug-likeness (QED) is 0.590. The van der Waals surface area contributed by atoms with Crippen molar-refractivity contribution in [2.45, 2.75) is 59.5 Å². The molecule has 25 heavy (non-hydrogen) atoms. The molecular formula is C20H40N4O. The molecule has 2 aliphatic rings. The largest absolute Gasteiger partial charge is 0.377 e. The molecule has 0 aliphatic carbocycles. The van der Waals surface area contributed by atoms with E-state index in [0.29, 0.717) is 12.0 Å². The van der Waals surface area contributed by atoms with Crippen LogP contribution in [-0.2, 0) is 4.74 Å². The molecule has 2 atom stereocenters. The first-order chi connectivity index (χ1) is 11.9. The third kappa shape index (κ3) is 6.78. The average Bonchev–Trinajstić information content (AvgIpc) is 2.59. The SMILES string of the molecule is CN=C(NCCN1CCC(C)CC1)NCC1CCCOC1C(C)(C)C. The molecule has 2 unspecified atom stereocenters. The van der Waals surface area contributed by atoms with E-state index in [1.165, 1.54) is 38.8 Å². The highest BCUT2D eigenvalue weighted by molar-refractivity contribution is 5.79. The third-order valence-corrected chi connectivity index (χ3v) is 5.65. The zero-order valence-corrected chi connectivity index (χ0v) is 17.1. The number of guanidine groups is 1. The van der Waals surface area contributed by atoms with Crippen molar-refractivity contribution in [3.05, 3.63) is 0 Å². The van der Waals surface area contributed by atoms with Crippen molar-refractivity contribution in [1.29, 1.82) is 0 Å². The normalized spacial score (nSPS) is 27.3. The molecule has 0 saturated carbocycles. The number of nitrogens with zero attached hydrogens (tertiary/aromatic N) is 2. The third-order valence-electron chi connectivity index (χ3n) is 5.65. The molecule has 2 heterocycles. The lowest BCUT2D eigenvalue weighted by atomic mass is 9.78. The van der Waals surface area contributed by atoms with Gasteiger partial charge in [0.15, 0.2) is 5.96 Å². The van der Waals surface area contributed by atoms with Crippen LogP contribution in [0.25, 0.3) is 0 Å². The van der Waals surface area contributed by atoms with Crippen LogP contribution in [0.5, 0.6) is 0 Å². The van der Waals surface area contributed by atoms with Crippen LogP contribution in [0.1, 0.15) is 53.4 Å². The zero-order valence-electron chi connectivity index (χ0n) is 17.1. The molecule has 2 saturated heterocycles. The van der Waals surface area contributed by atoms with Crippen LogP contribution < -0.4 is 10.6 Å². The number of piperidine rings is 1. The van der Waals surface area contributed by atoms with Crippen molar-refractivity contribution in [2.24, 2.45) is 22.2 Å². The van der Waals surface area contributed by atoms with Crippen LogP contribution in [-0.4, -0.2) is 63.3 Å². The lowest BCUT2D eigenvalue weighted by molar-refractivity contribution is -0.0835. The average molecular weight is 353 g/mol. The second-order valence-corrected chi connectivity index (χ2v) is 8.96. The van der Waals surface area contributed by atoms with Gasteiger partial charge in [-0.2, -0.15) is 0 Å².